The molecule has 1 amide bonds. The normalized spacial score (nSPS) is 18.0. The molecule has 1 atom stereocenters. The minimum absolute atomic E-state index is 0.0496. The average molecular weight is 634 g/mol. The Morgan fingerprint density at radius 2 is 1.89 bits per heavy atom. The van der Waals surface area contributed by atoms with E-state index >= 15 is 4.39 Å². The second kappa shape index (κ2) is 11.4. The first-order valence-corrected chi connectivity index (χ1v) is 14.7. The lowest BCUT2D eigenvalue weighted by molar-refractivity contribution is -0.137. The van der Waals surface area contributed by atoms with Crippen molar-refractivity contribution in [3.05, 3.63) is 48.1 Å². The average Bonchev–Trinajstić information content (AvgIpc) is 3.60. The van der Waals surface area contributed by atoms with Crippen molar-refractivity contribution in [1.29, 1.82) is 0 Å². The number of hydrogen-bond donors (Lipinski definition) is 1. The number of aromatic nitrogens is 3. The molecule has 232 valence electrons. The van der Waals surface area contributed by atoms with Crippen LogP contribution in [0, 0.1) is 11.6 Å². The van der Waals surface area contributed by atoms with Gasteiger partial charge in [-0.2, -0.15) is 23.1 Å². The molecule has 9 nitrogen and oxygen atoms in total. The number of nitrogens with two attached hydrogens (primary N) is 1. The van der Waals surface area contributed by atoms with Crippen LogP contribution in [0.1, 0.15) is 18.4 Å². The molecule has 2 fully saturated rings. The van der Waals surface area contributed by atoms with Gasteiger partial charge >= 0.3 is 12.2 Å². The van der Waals surface area contributed by atoms with Crippen LogP contribution in [-0.4, -0.2) is 83.1 Å². The Bertz CT molecular complexity index is 1770. The van der Waals surface area contributed by atoms with Crippen molar-refractivity contribution in [3.63, 3.8) is 0 Å². The van der Waals surface area contributed by atoms with E-state index in [1.54, 1.807) is 9.80 Å². The third-order valence-electron chi connectivity index (χ3n) is 8.12. The number of halogens is 5. The summed E-state index contributed by atoms with van der Waals surface area (Å²) < 4.78 is 81.0. The van der Waals surface area contributed by atoms with E-state index < -0.39 is 34.5 Å². The van der Waals surface area contributed by atoms with E-state index in [0.29, 0.717) is 0 Å². The molecular formula is C29H28F5N7O2S. The first-order chi connectivity index (χ1) is 21.0. The van der Waals surface area contributed by atoms with Gasteiger partial charge in [-0.25, -0.2) is 13.8 Å². The highest BCUT2D eigenvalue weighted by Gasteiger charge is 2.38. The predicted octanol–water partition coefficient (Wildman–Crippen LogP) is 5.09. The second-order valence-corrected chi connectivity index (χ2v) is 11.8. The van der Waals surface area contributed by atoms with E-state index in [1.165, 1.54) is 6.08 Å². The number of likely N-dealkylation sites (N-methyl/N-ethyl adjacent to an activating group) is 1. The van der Waals surface area contributed by atoms with Gasteiger partial charge in [0, 0.05) is 48.7 Å². The Morgan fingerprint density at radius 3 is 2.55 bits per heavy atom. The summed E-state index contributed by atoms with van der Waals surface area (Å²) in [5.74, 6) is -2.24. The number of carbonyl (C=O) groups excluding carboxylic acids is 1. The van der Waals surface area contributed by atoms with Crippen LogP contribution < -0.4 is 15.4 Å². The van der Waals surface area contributed by atoms with Crippen molar-refractivity contribution in [2.24, 2.45) is 0 Å². The third kappa shape index (κ3) is 5.38. The second-order valence-electron chi connectivity index (χ2n) is 10.8. The zero-order valence-corrected chi connectivity index (χ0v) is 24.4. The molecule has 2 saturated heterocycles. The smallest absolute Gasteiger partial charge is 0.417 e. The molecule has 0 radical (unpaired) electrons. The first-order valence-electron chi connectivity index (χ1n) is 13.9. The van der Waals surface area contributed by atoms with Crippen LogP contribution in [0.2, 0.25) is 0 Å². The lowest BCUT2D eigenvalue weighted by Crippen LogP contribution is -2.48. The number of alkyl halides is 3. The number of hydrogen-bond acceptors (Lipinski definition) is 9. The number of benzene rings is 2. The molecule has 15 heteroatoms. The van der Waals surface area contributed by atoms with Crippen molar-refractivity contribution in [3.8, 4) is 17.1 Å². The molecule has 0 bridgehead atoms. The summed E-state index contributed by atoms with van der Waals surface area (Å²) in [5, 5.41) is -0.254. The van der Waals surface area contributed by atoms with Crippen LogP contribution in [-0.2, 0) is 11.0 Å². The number of thiazole rings is 1. The summed E-state index contributed by atoms with van der Waals surface area (Å²) >= 11 is 0.754. The number of anilines is 2. The molecule has 0 spiro atoms. The minimum atomic E-state index is -5.01. The fourth-order valence-corrected chi connectivity index (χ4v) is 6.57. The quantitative estimate of drug-likeness (QED) is 0.232. The molecule has 0 aliphatic carbocycles. The molecule has 2 aromatic carbocycles. The van der Waals surface area contributed by atoms with Crippen LogP contribution in [0.3, 0.4) is 0 Å². The monoisotopic (exact) mass is 633 g/mol. The fraction of sp³-hybridized carbons (Fsp3) is 0.379. The molecule has 2 N–H and O–H groups in total. The van der Waals surface area contributed by atoms with Gasteiger partial charge in [0.1, 0.15) is 23.8 Å². The van der Waals surface area contributed by atoms with Crippen molar-refractivity contribution in [1.82, 2.24) is 24.8 Å². The van der Waals surface area contributed by atoms with E-state index in [4.69, 9.17) is 10.5 Å². The lowest BCUT2D eigenvalue weighted by atomic mass is 9.95. The Hall–Kier alpha value is -4.11. The number of amides is 1. The van der Waals surface area contributed by atoms with Gasteiger partial charge in [-0.1, -0.05) is 17.9 Å². The van der Waals surface area contributed by atoms with E-state index in [2.05, 4.69) is 26.4 Å². The summed E-state index contributed by atoms with van der Waals surface area (Å²) in [5.41, 5.74) is 2.79. The SMILES string of the molecule is C=CC(=O)N1CCN(c2nc(OCC3CCCN3C)nc3c(F)c(-c4ccc(F)c5sc(N)nc45)c(C(F)(F)F)cc23)CC1. The maximum Gasteiger partial charge on any atom is 0.417 e. The van der Waals surface area contributed by atoms with E-state index in [1.807, 2.05) is 7.05 Å². The number of nitrogen functional groups attached to an aromatic ring is 1. The Labute approximate surface area is 252 Å². The van der Waals surface area contributed by atoms with Gasteiger partial charge in [0.25, 0.3) is 0 Å². The molecule has 2 aromatic heterocycles. The summed E-state index contributed by atoms with van der Waals surface area (Å²) in [6.07, 6.45) is -1.97. The van der Waals surface area contributed by atoms with Crippen molar-refractivity contribution in [2.75, 3.05) is 57.0 Å². The highest BCUT2D eigenvalue weighted by atomic mass is 32.1. The van der Waals surface area contributed by atoms with Gasteiger partial charge in [0.2, 0.25) is 5.91 Å². The number of ether oxygens (including phenoxy) is 1. The number of carbonyl (C=O) groups is 1. The summed E-state index contributed by atoms with van der Waals surface area (Å²) in [6, 6.07) is 2.71. The van der Waals surface area contributed by atoms with Crippen LogP contribution >= 0.6 is 11.3 Å². The van der Waals surface area contributed by atoms with Gasteiger partial charge in [-0.3, -0.25) is 4.79 Å². The topological polar surface area (TPSA) is 101 Å². The molecule has 4 aromatic rings. The Balaban J connectivity index is 1.54. The minimum Gasteiger partial charge on any atom is -0.462 e. The van der Waals surface area contributed by atoms with Crippen molar-refractivity contribution >= 4 is 49.3 Å². The molecule has 0 saturated carbocycles. The van der Waals surface area contributed by atoms with E-state index in [0.717, 1.165) is 48.9 Å². The molecule has 4 heterocycles. The highest BCUT2D eigenvalue weighted by Crippen LogP contribution is 2.46. The summed E-state index contributed by atoms with van der Waals surface area (Å²) in [7, 11) is 1.96. The van der Waals surface area contributed by atoms with Crippen LogP contribution in [0.15, 0.2) is 30.9 Å². The number of rotatable bonds is 6. The van der Waals surface area contributed by atoms with Crippen molar-refractivity contribution < 1.29 is 31.5 Å². The maximum atomic E-state index is 16.6. The van der Waals surface area contributed by atoms with Crippen LogP contribution in [0.4, 0.5) is 32.9 Å². The molecule has 2 aliphatic heterocycles. The zero-order valence-electron chi connectivity index (χ0n) is 23.6. The van der Waals surface area contributed by atoms with Gasteiger partial charge in [0.05, 0.1) is 15.8 Å². The summed E-state index contributed by atoms with van der Waals surface area (Å²) in [6.45, 7) is 5.54. The molecule has 1 unspecified atom stereocenters. The number of nitrogens with zero attached hydrogens (tertiary/aromatic N) is 6. The molecule has 44 heavy (non-hydrogen) atoms. The number of likely N-dealkylation sites (tertiary alicyclic amines) is 1. The molecular weight excluding hydrogens is 605 g/mol. The predicted molar refractivity (Wildman–Crippen MR) is 158 cm³/mol. The lowest BCUT2D eigenvalue weighted by Gasteiger charge is -2.35. The Kier molecular flexibility index (Phi) is 7.78. The van der Waals surface area contributed by atoms with E-state index in [9.17, 15) is 22.4 Å². The van der Waals surface area contributed by atoms with Gasteiger partial charge in [-0.05, 0) is 50.7 Å². The Morgan fingerprint density at radius 1 is 1.14 bits per heavy atom. The largest absolute Gasteiger partial charge is 0.462 e. The third-order valence-corrected chi connectivity index (χ3v) is 9.01. The number of piperazine rings is 1. The maximum absolute atomic E-state index is 16.6. The van der Waals surface area contributed by atoms with Gasteiger partial charge in [-0.15, -0.1) is 0 Å². The van der Waals surface area contributed by atoms with Crippen LogP contribution in [0.25, 0.3) is 32.2 Å². The number of fused-ring (bicyclic) bond motifs is 2. The van der Waals surface area contributed by atoms with Gasteiger partial charge in [0.15, 0.2) is 10.9 Å². The highest BCUT2D eigenvalue weighted by molar-refractivity contribution is 7.22. The zero-order chi connectivity index (χ0) is 31.3. The molecule has 2 aliphatic rings. The molecule has 6 rings (SSSR count). The first kappa shape index (κ1) is 29.9. The fourth-order valence-electron chi connectivity index (χ4n) is 5.81. The van der Waals surface area contributed by atoms with Crippen LogP contribution in [0.5, 0.6) is 6.01 Å². The van der Waals surface area contributed by atoms with Crippen molar-refractivity contribution in [2.45, 2.75) is 25.1 Å². The standard InChI is InChI=1S/C29H28F5N7O2S/c1-3-20(42)40-9-11-41(12-10-40)26-17-13-18(29(32,33)34)21(16-6-7-19(30)25-24(16)36-27(35)44-25)22(31)23(17)37-28(38-26)43-14-15-5-4-8-39(15)2/h3,6-7,13,15H,1,4-5,8-12,14H2,2H3,(H2,35,36). The van der Waals surface area contributed by atoms with E-state index in [-0.39, 0.29) is 82.9 Å². The summed E-state index contributed by atoms with van der Waals surface area (Å²) in [4.78, 5) is 30.3. The van der Waals surface area contributed by atoms with Gasteiger partial charge < -0.3 is 25.2 Å².